The molecule has 0 aliphatic heterocycles. The van der Waals surface area contributed by atoms with Gasteiger partial charge in [-0.25, -0.2) is 9.59 Å². The molecule has 0 heterocycles. The van der Waals surface area contributed by atoms with Gasteiger partial charge in [-0.3, -0.25) is 9.78 Å². The number of hydrogen-bond acceptors (Lipinski definition) is 10. The first-order valence-electron chi connectivity index (χ1n) is 12.9. The largest absolute Gasteiger partial charge is 0.494 e. The van der Waals surface area contributed by atoms with Crippen LogP contribution in [-0.2, 0) is 29.0 Å². The molecule has 0 aliphatic rings. The van der Waals surface area contributed by atoms with Gasteiger partial charge in [-0.15, -0.1) is 9.78 Å². The second-order valence-corrected chi connectivity index (χ2v) is 8.09. The SMILES string of the molecule is CCCCOc1ccc(C(=O)OOC(COCCOCC)OOC(=O)c2ccc(OCCCC)cc2)cc1. The minimum Gasteiger partial charge on any atom is -0.494 e. The van der Waals surface area contributed by atoms with Gasteiger partial charge in [0.1, 0.15) is 18.1 Å². The van der Waals surface area contributed by atoms with Gasteiger partial charge in [-0.2, -0.15) is 0 Å². The molecular weight excluding hydrogens is 496 g/mol. The highest BCUT2D eigenvalue weighted by atomic mass is 17.3. The summed E-state index contributed by atoms with van der Waals surface area (Å²) >= 11 is 0. The summed E-state index contributed by atoms with van der Waals surface area (Å²) in [6.45, 7) is 8.14. The van der Waals surface area contributed by atoms with Crippen LogP contribution in [0.15, 0.2) is 48.5 Å². The molecule has 10 nitrogen and oxygen atoms in total. The van der Waals surface area contributed by atoms with E-state index in [9.17, 15) is 9.59 Å². The van der Waals surface area contributed by atoms with Gasteiger partial charge in [0.05, 0.1) is 37.6 Å². The Morgan fingerprint density at radius 1 is 0.632 bits per heavy atom. The van der Waals surface area contributed by atoms with Crippen molar-refractivity contribution in [2.45, 2.75) is 52.7 Å². The number of hydrogen-bond donors (Lipinski definition) is 0. The van der Waals surface area contributed by atoms with Gasteiger partial charge in [0, 0.05) is 6.61 Å². The average molecular weight is 535 g/mol. The van der Waals surface area contributed by atoms with Gasteiger partial charge in [-0.05, 0) is 68.3 Å². The molecule has 38 heavy (non-hydrogen) atoms. The van der Waals surface area contributed by atoms with Crippen molar-refractivity contribution < 1.29 is 48.1 Å². The molecular formula is C28H38O10. The second-order valence-electron chi connectivity index (χ2n) is 8.09. The third-order valence-corrected chi connectivity index (χ3v) is 5.01. The summed E-state index contributed by atoms with van der Waals surface area (Å²) in [5, 5.41) is 0. The minimum atomic E-state index is -1.34. The van der Waals surface area contributed by atoms with Crippen LogP contribution >= 0.6 is 0 Å². The summed E-state index contributed by atoms with van der Waals surface area (Å²) in [4.78, 5) is 44.7. The maximum atomic E-state index is 12.4. The summed E-state index contributed by atoms with van der Waals surface area (Å²) in [6, 6.07) is 12.9. The molecule has 2 aromatic rings. The Morgan fingerprint density at radius 2 is 1.08 bits per heavy atom. The number of carbonyl (C=O) groups is 2. The fraction of sp³-hybridized carbons (Fsp3) is 0.500. The van der Waals surface area contributed by atoms with Crippen LogP contribution in [0.5, 0.6) is 11.5 Å². The van der Waals surface area contributed by atoms with Crippen LogP contribution in [0.1, 0.15) is 67.2 Å². The van der Waals surface area contributed by atoms with Crippen molar-refractivity contribution in [2.75, 3.05) is 39.6 Å². The maximum Gasteiger partial charge on any atom is 0.373 e. The molecule has 0 spiro atoms. The van der Waals surface area contributed by atoms with Gasteiger partial charge in [0.25, 0.3) is 6.29 Å². The lowest BCUT2D eigenvalue weighted by Crippen LogP contribution is -2.27. The Balaban J connectivity index is 1.87. The quantitative estimate of drug-likeness (QED) is 0.0961. The highest BCUT2D eigenvalue weighted by molar-refractivity contribution is 5.89. The van der Waals surface area contributed by atoms with Gasteiger partial charge >= 0.3 is 11.9 Å². The fourth-order valence-electron chi connectivity index (χ4n) is 2.85. The van der Waals surface area contributed by atoms with Crippen molar-refractivity contribution in [2.24, 2.45) is 0 Å². The van der Waals surface area contributed by atoms with Crippen LogP contribution < -0.4 is 9.47 Å². The molecule has 0 aromatic heterocycles. The lowest BCUT2D eigenvalue weighted by Gasteiger charge is -2.15. The van der Waals surface area contributed by atoms with E-state index in [-0.39, 0.29) is 24.3 Å². The first-order chi connectivity index (χ1) is 18.6. The Bertz CT molecular complexity index is 845. The summed E-state index contributed by atoms with van der Waals surface area (Å²) in [5.41, 5.74) is 0.476. The van der Waals surface area contributed by atoms with Crippen LogP contribution in [0.2, 0.25) is 0 Å². The summed E-state index contributed by atoms with van der Waals surface area (Å²) < 4.78 is 21.8. The minimum absolute atomic E-state index is 0.192. The van der Waals surface area contributed by atoms with Crippen LogP contribution in [0, 0.1) is 0 Å². The highest BCUT2D eigenvalue weighted by Gasteiger charge is 2.20. The van der Waals surface area contributed by atoms with E-state index in [4.69, 9.17) is 38.5 Å². The number of rotatable bonds is 20. The van der Waals surface area contributed by atoms with Crippen LogP contribution in [-0.4, -0.2) is 57.9 Å². The molecule has 0 bridgehead atoms. The molecule has 0 atom stereocenters. The molecule has 0 radical (unpaired) electrons. The third kappa shape index (κ3) is 12.4. The van der Waals surface area contributed by atoms with E-state index < -0.39 is 18.2 Å². The van der Waals surface area contributed by atoms with E-state index in [0.29, 0.717) is 37.9 Å². The van der Waals surface area contributed by atoms with E-state index in [0.717, 1.165) is 25.7 Å². The summed E-state index contributed by atoms with van der Waals surface area (Å²) in [7, 11) is 0. The van der Waals surface area contributed by atoms with Crippen molar-refractivity contribution in [1.82, 2.24) is 0 Å². The molecule has 0 fully saturated rings. The standard InChI is InChI=1S/C28H38O10/c1-4-7-17-33-24-13-9-22(10-14-24)27(29)37-35-26(21-32-20-19-31-6-3)36-38-28(30)23-11-15-25(16-12-23)34-18-8-5-2/h9-16,26H,4-8,17-21H2,1-3H3. The van der Waals surface area contributed by atoms with E-state index in [1.807, 2.05) is 6.92 Å². The zero-order valence-corrected chi connectivity index (χ0v) is 22.3. The predicted molar refractivity (Wildman–Crippen MR) is 138 cm³/mol. The molecule has 2 rings (SSSR count). The number of carbonyl (C=O) groups excluding carboxylic acids is 2. The maximum absolute atomic E-state index is 12.4. The van der Waals surface area contributed by atoms with E-state index in [1.165, 1.54) is 0 Å². The molecule has 10 heteroatoms. The first-order valence-corrected chi connectivity index (χ1v) is 12.9. The van der Waals surface area contributed by atoms with Gasteiger partial charge in [-0.1, -0.05) is 26.7 Å². The van der Waals surface area contributed by atoms with Crippen LogP contribution in [0.4, 0.5) is 0 Å². The fourth-order valence-corrected chi connectivity index (χ4v) is 2.85. The van der Waals surface area contributed by atoms with Crippen molar-refractivity contribution >= 4 is 11.9 Å². The second kappa shape index (κ2) is 19.0. The molecule has 0 saturated heterocycles. The monoisotopic (exact) mass is 534 g/mol. The van der Waals surface area contributed by atoms with E-state index >= 15 is 0 Å². The Labute approximate surface area is 223 Å². The topological polar surface area (TPSA) is 108 Å². The van der Waals surface area contributed by atoms with E-state index in [1.54, 1.807) is 48.5 Å². The summed E-state index contributed by atoms with van der Waals surface area (Å²) in [5.74, 6) is -0.240. The molecule has 2 aromatic carbocycles. The van der Waals surface area contributed by atoms with Gasteiger partial charge in [0.15, 0.2) is 0 Å². The van der Waals surface area contributed by atoms with Gasteiger partial charge in [0.2, 0.25) is 0 Å². The Kier molecular flexibility index (Phi) is 15.5. The zero-order valence-electron chi connectivity index (χ0n) is 22.3. The first kappa shape index (κ1) is 31.0. The molecule has 0 N–H and O–H groups in total. The molecule has 0 amide bonds. The lowest BCUT2D eigenvalue weighted by molar-refractivity contribution is -0.427. The number of unbranched alkanes of at least 4 members (excludes halogenated alkanes) is 2. The molecule has 0 aliphatic carbocycles. The van der Waals surface area contributed by atoms with Crippen molar-refractivity contribution in [1.29, 1.82) is 0 Å². The van der Waals surface area contributed by atoms with Gasteiger partial charge < -0.3 is 18.9 Å². The van der Waals surface area contributed by atoms with Crippen molar-refractivity contribution in [3.05, 3.63) is 59.7 Å². The smallest absolute Gasteiger partial charge is 0.373 e. The average Bonchev–Trinajstić information content (AvgIpc) is 2.94. The number of ether oxygens (including phenoxy) is 4. The Hall–Kier alpha value is -3.18. The van der Waals surface area contributed by atoms with E-state index in [2.05, 4.69) is 13.8 Å². The van der Waals surface area contributed by atoms with Crippen LogP contribution in [0.3, 0.4) is 0 Å². The highest BCUT2D eigenvalue weighted by Crippen LogP contribution is 2.16. The molecule has 0 unspecified atom stereocenters. The van der Waals surface area contributed by atoms with Crippen molar-refractivity contribution in [3.8, 4) is 11.5 Å². The molecule has 0 saturated carbocycles. The Morgan fingerprint density at radius 3 is 1.50 bits per heavy atom. The predicted octanol–water partition coefficient (Wildman–Crippen LogP) is 5.30. The van der Waals surface area contributed by atoms with Crippen molar-refractivity contribution in [3.63, 3.8) is 0 Å². The zero-order chi connectivity index (χ0) is 27.4. The number of benzene rings is 2. The summed E-state index contributed by atoms with van der Waals surface area (Å²) in [6.07, 6.45) is 2.59. The normalized spacial score (nSPS) is 10.8. The third-order valence-electron chi connectivity index (χ3n) is 5.01. The van der Waals surface area contributed by atoms with Crippen LogP contribution in [0.25, 0.3) is 0 Å². The lowest BCUT2D eigenvalue weighted by atomic mass is 10.2. The molecule has 210 valence electrons.